The van der Waals surface area contributed by atoms with Gasteiger partial charge in [-0.15, -0.1) is 5.10 Å². The highest BCUT2D eigenvalue weighted by Gasteiger charge is 2.62. The zero-order valence-electron chi connectivity index (χ0n) is 19.8. The fraction of sp³-hybridized carbons (Fsp3) is 0.200. The molecule has 7 nitrogen and oxygen atoms in total. The number of alkyl halides is 6. The summed E-state index contributed by atoms with van der Waals surface area (Å²) < 4.78 is 82.2. The molecule has 5 rings (SSSR count). The molecule has 1 atom stereocenters. The van der Waals surface area contributed by atoms with Gasteiger partial charge >= 0.3 is 12.4 Å². The Morgan fingerprint density at radius 3 is 2.33 bits per heavy atom. The molecule has 208 valence electrons. The van der Waals surface area contributed by atoms with Crippen molar-refractivity contribution in [1.29, 1.82) is 0 Å². The Morgan fingerprint density at radius 2 is 1.68 bits per heavy atom. The first-order chi connectivity index (χ1) is 18.8. The number of benzene rings is 3. The van der Waals surface area contributed by atoms with Crippen molar-refractivity contribution < 1.29 is 36.0 Å². The topological polar surface area (TPSA) is 81.4 Å². The summed E-state index contributed by atoms with van der Waals surface area (Å²) in [4.78, 5) is 17.5. The number of fused-ring (bicyclic) bond motifs is 1. The van der Waals surface area contributed by atoms with Crippen LogP contribution in [0.25, 0.3) is 16.5 Å². The second-order valence-electron chi connectivity index (χ2n) is 8.80. The number of nitrogens with one attached hydrogen (secondary N) is 1. The first-order valence-electron chi connectivity index (χ1n) is 11.4. The van der Waals surface area contributed by atoms with Gasteiger partial charge in [0.2, 0.25) is 0 Å². The molecule has 1 unspecified atom stereocenters. The van der Waals surface area contributed by atoms with Gasteiger partial charge in [-0.05, 0) is 29.7 Å². The van der Waals surface area contributed by atoms with Crippen molar-refractivity contribution in [1.82, 2.24) is 20.3 Å². The van der Waals surface area contributed by atoms with Crippen LogP contribution in [0.5, 0.6) is 0 Å². The molecule has 1 N–H and O–H groups in total. The van der Waals surface area contributed by atoms with Gasteiger partial charge in [0.25, 0.3) is 11.5 Å². The second-order valence-corrected chi connectivity index (χ2v) is 9.67. The van der Waals surface area contributed by atoms with Gasteiger partial charge in [-0.3, -0.25) is 4.79 Å². The Kier molecular flexibility index (Phi) is 6.91. The number of hydrogen-bond donors (Lipinski definition) is 1. The molecule has 2 heterocycles. The van der Waals surface area contributed by atoms with E-state index in [1.54, 1.807) is 29.6 Å². The number of aromatic nitrogens is 3. The number of carbonyl (C=O) groups is 1. The van der Waals surface area contributed by atoms with Crippen LogP contribution in [-0.2, 0) is 10.4 Å². The van der Waals surface area contributed by atoms with Crippen LogP contribution in [-0.4, -0.2) is 45.5 Å². The number of carbonyl (C=O) groups excluding carboxylic acids is 1. The number of nitrogens with zero attached hydrogens (tertiary/aromatic N) is 4. The summed E-state index contributed by atoms with van der Waals surface area (Å²) in [7, 11) is 0. The van der Waals surface area contributed by atoms with Gasteiger partial charge in [0.1, 0.15) is 6.54 Å². The normalized spacial score (nSPS) is 17.6. The molecule has 3 aromatic carbocycles. The van der Waals surface area contributed by atoms with Crippen molar-refractivity contribution in [2.75, 3.05) is 6.54 Å². The largest absolute Gasteiger partial charge is 0.435 e. The van der Waals surface area contributed by atoms with E-state index in [2.05, 4.69) is 15.5 Å². The molecule has 0 radical (unpaired) electrons. The highest BCUT2D eigenvalue weighted by molar-refractivity contribution is 6.34. The molecule has 1 aliphatic heterocycles. The van der Waals surface area contributed by atoms with E-state index in [1.165, 1.54) is 18.2 Å². The summed E-state index contributed by atoms with van der Waals surface area (Å²) in [5, 5.41) is 13.8. The van der Waals surface area contributed by atoms with E-state index in [4.69, 9.17) is 28.0 Å². The Balaban J connectivity index is 1.55. The van der Waals surface area contributed by atoms with Crippen LogP contribution in [0.4, 0.5) is 26.3 Å². The molecule has 1 amide bonds. The van der Waals surface area contributed by atoms with Crippen LogP contribution >= 0.6 is 23.2 Å². The first kappa shape index (κ1) is 27.7. The predicted molar refractivity (Wildman–Crippen MR) is 134 cm³/mol. The zero-order chi connectivity index (χ0) is 28.9. The smallest absolute Gasteiger partial charge is 0.374 e. The summed E-state index contributed by atoms with van der Waals surface area (Å²) in [6.45, 7) is -1.56. The van der Waals surface area contributed by atoms with Crippen LogP contribution in [0.3, 0.4) is 0 Å². The molecule has 0 saturated heterocycles. The average Bonchev–Trinajstić information content (AvgIpc) is 3.54. The van der Waals surface area contributed by atoms with E-state index in [-0.39, 0.29) is 32.7 Å². The van der Waals surface area contributed by atoms with Crippen LogP contribution in [0, 0.1) is 0 Å². The summed E-state index contributed by atoms with van der Waals surface area (Å²) >= 11 is 11.9. The van der Waals surface area contributed by atoms with Gasteiger partial charge in [0.15, 0.2) is 5.69 Å². The summed E-state index contributed by atoms with van der Waals surface area (Å²) in [5.41, 5.74) is -2.95. The third kappa shape index (κ3) is 5.06. The van der Waals surface area contributed by atoms with E-state index in [0.717, 1.165) is 23.0 Å². The highest BCUT2D eigenvalue weighted by Crippen LogP contribution is 2.50. The number of hydrogen-bond acceptors (Lipinski definition) is 5. The first-order valence-corrected chi connectivity index (χ1v) is 12.1. The van der Waals surface area contributed by atoms with Gasteiger partial charge in [0.05, 0.1) is 17.6 Å². The second kappa shape index (κ2) is 9.97. The van der Waals surface area contributed by atoms with Crippen LogP contribution in [0.1, 0.15) is 28.0 Å². The fourth-order valence-electron chi connectivity index (χ4n) is 4.39. The molecule has 1 aliphatic rings. The highest BCUT2D eigenvalue weighted by atomic mass is 35.5. The van der Waals surface area contributed by atoms with Crippen LogP contribution in [0.15, 0.2) is 65.9 Å². The molecule has 40 heavy (non-hydrogen) atoms. The fourth-order valence-corrected chi connectivity index (χ4v) is 4.92. The van der Waals surface area contributed by atoms with Crippen LogP contribution < -0.4 is 5.32 Å². The van der Waals surface area contributed by atoms with Crippen molar-refractivity contribution >= 4 is 45.6 Å². The monoisotopic (exact) mass is 601 g/mol. The van der Waals surface area contributed by atoms with Gasteiger partial charge < -0.3 is 10.2 Å². The van der Waals surface area contributed by atoms with Crippen molar-refractivity contribution in [3.8, 4) is 5.69 Å². The molecule has 0 saturated carbocycles. The van der Waals surface area contributed by atoms with E-state index < -0.39 is 36.8 Å². The number of halogens is 8. The Hall–Kier alpha value is -3.84. The summed E-state index contributed by atoms with van der Waals surface area (Å²) in [6, 6.07) is 12.9. The number of amides is 1. The Labute approximate surface area is 231 Å². The molecular formula is C25H15Cl2F6N5O2. The van der Waals surface area contributed by atoms with Crippen molar-refractivity contribution in [2.24, 2.45) is 5.16 Å². The van der Waals surface area contributed by atoms with Gasteiger partial charge in [0, 0.05) is 33.0 Å². The lowest BCUT2D eigenvalue weighted by molar-refractivity contribution is -0.275. The maximum absolute atomic E-state index is 14.5. The minimum Gasteiger partial charge on any atom is -0.374 e. The minimum absolute atomic E-state index is 0.0131. The molecule has 1 aromatic heterocycles. The van der Waals surface area contributed by atoms with E-state index >= 15 is 0 Å². The van der Waals surface area contributed by atoms with Gasteiger partial charge in [-0.1, -0.05) is 63.9 Å². The minimum atomic E-state index is -4.90. The standard InChI is InChI=1S/C25H15Cl2F6N5O2/c26-14-7-13(8-15(27)9-14)23(25(31,32)33)10-19(36-40-23)17-5-6-20(18-4-2-1-3-16(17)18)38-21(11-35-37-38)22(39)34-12-24(28,29)30/h1-9,11H,10,12H2,(H,34,39). The molecule has 4 aromatic rings. The van der Waals surface area contributed by atoms with Crippen molar-refractivity contribution in [2.45, 2.75) is 24.4 Å². The van der Waals surface area contributed by atoms with Gasteiger partial charge in [-0.25, -0.2) is 4.68 Å². The lowest BCUT2D eigenvalue weighted by Gasteiger charge is -2.29. The molecule has 0 aliphatic carbocycles. The molecule has 0 bridgehead atoms. The molecular weight excluding hydrogens is 587 g/mol. The maximum Gasteiger partial charge on any atom is 0.435 e. The van der Waals surface area contributed by atoms with Crippen LogP contribution in [0.2, 0.25) is 10.0 Å². The number of oxime groups is 1. The molecule has 0 spiro atoms. The predicted octanol–water partition coefficient (Wildman–Crippen LogP) is 6.60. The molecule has 0 fully saturated rings. The SMILES string of the molecule is O=C(NCC(F)(F)F)c1cnnn1-c1ccc(C2=NOC(c3cc(Cl)cc(Cl)c3)(C(F)(F)F)C2)c2ccccc12. The Morgan fingerprint density at radius 1 is 1.00 bits per heavy atom. The van der Waals surface area contributed by atoms with Crippen molar-refractivity contribution in [3.05, 3.63) is 87.7 Å². The molecule has 15 heteroatoms. The van der Waals surface area contributed by atoms with E-state index in [9.17, 15) is 31.1 Å². The third-order valence-electron chi connectivity index (χ3n) is 6.19. The Bertz CT molecular complexity index is 1630. The summed E-state index contributed by atoms with van der Waals surface area (Å²) in [5.74, 6) is -1.07. The quantitative estimate of drug-likeness (QED) is 0.261. The average molecular weight is 602 g/mol. The number of rotatable bonds is 5. The lowest BCUT2D eigenvalue weighted by atomic mass is 9.85. The lowest BCUT2D eigenvalue weighted by Crippen LogP contribution is -2.42. The van der Waals surface area contributed by atoms with E-state index in [0.29, 0.717) is 16.3 Å². The zero-order valence-corrected chi connectivity index (χ0v) is 21.3. The maximum atomic E-state index is 14.5. The van der Waals surface area contributed by atoms with E-state index in [1.807, 2.05) is 0 Å². The van der Waals surface area contributed by atoms with Gasteiger partial charge in [-0.2, -0.15) is 26.3 Å². The third-order valence-corrected chi connectivity index (χ3v) is 6.62. The summed E-state index contributed by atoms with van der Waals surface area (Å²) in [6.07, 6.45) is -9.24. The van der Waals surface area contributed by atoms with Crippen molar-refractivity contribution in [3.63, 3.8) is 0 Å².